The van der Waals surface area contributed by atoms with Crippen LogP contribution in [0.4, 0.5) is 9.93 Å². The van der Waals surface area contributed by atoms with E-state index in [0.717, 1.165) is 56.3 Å². The predicted molar refractivity (Wildman–Crippen MR) is 92.3 cm³/mol. The molecule has 3 rings (SSSR count). The summed E-state index contributed by atoms with van der Waals surface area (Å²) in [5, 5.41) is 6.25. The molecule has 2 aliphatic rings. The van der Waals surface area contributed by atoms with Crippen molar-refractivity contribution in [2.75, 3.05) is 44.7 Å². The Labute approximate surface area is 141 Å². The molecule has 6 nitrogen and oxygen atoms in total. The van der Waals surface area contributed by atoms with E-state index in [2.05, 4.69) is 20.6 Å². The van der Waals surface area contributed by atoms with Crippen LogP contribution in [0.25, 0.3) is 0 Å². The summed E-state index contributed by atoms with van der Waals surface area (Å²) >= 11 is 1.71. The van der Waals surface area contributed by atoms with Gasteiger partial charge in [-0.1, -0.05) is 0 Å². The zero-order valence-electron chi connectivity index (χ0n) is 13.8. The molecule has 1 aromatic heterocycles. The van der Waals surface area contributed by atoms with Gasteiger partial charge < -0.3 is 19.9 Å². The molecule has 2 saturated heterocycles. The van der Waals surface area contributed by atoms with Crippen LogP contribution in [0, 0.1) is 0 Å². The Morgan fingerprint density at radius 3 is 2.78 bits per heavy atom. The number of anilines is 1. The maximum absolute atomic E-state index is 12.1. The fourth-order valence-corrected chi connectivity index (χ4v) is 4.08. The normalized spacial score (nSPS) is 19.3. The van der Waals surface area contributed by atoms with Crippen LogP contribution < -0.4 is 10.2 Å². The molecule has 2 amide bonds. The first kappa shape index (κ1) is 16.5. The summed E-state index contributed by atoms with van der Waals surface area (Å²) in [4.78, 5) is 21.1. The van der Waals surface area contributed by atoms with Crippen molar-refractivity contribution in [3.05, 3.63) is 11.1 Å². The molecule has 1 N–H and O–H groups in total. The van der Waals surface area contributed by atoms with E-state index in [4.69, 9.17) is 4.74 Å². The fourth-order valence-electron chi connectivity index (χ4n) is 3.17. The van der Waals surface area contributed by atoms with E-state index >= 15 is 0 Å². The topological polar surface area (TPSA) is 57.7 Å². The number of hydrogen-bond donors (Lipinski definition) is 1. The second kappa shape index (κ2) is 7.97. The van der Waals surface area contributed by atoms with E-state index in [-0.39, 0.29) is 6.03 Å². The molecule has 2 fully saturated rings. The van der Waals surface area contributed by atoms with Crippen LogP contribution >= 0.6 is 11.3 Å². The maximum atomic E-state index is 12.1. The number of thiazole rings is 1. The second-order valence-corrected chi connectivity index (χ2v) is 7.06. The molecule has 0 saturated carbocycles. The smallest absolute Gasteiger partial charge is 0.317 e. The van der Waals surface area contributed by atoms with Gasteiger partial charge in [0.25, 0.3) is 0 Å². The van der Waals surface area contributed by atoms with Crippen molar-refractivity contribution < 1.29 is 9.53 Å². The van der Waals surface area contributed by atoms with Crippen molar-refractivity contribution in [2.24, 2.45) is 0 Å². The molecule has 1 aromatic rings. The summed E-state index contributed by atoms with van der Waals surface area (Å²) in [5.74, 6) is 0. The number of carbonyl (C=O) groups excluding carboxylic acids is 1. The molecular weight excluding hydrogens is 312 g/mol. The van der Waals surface area contributed by atoms with Gasteiger partial charge in [0.2, 0.25) is 0 Å². The van der Waals surface area contributed by atoms with Gasteiger partial charge in [-0.2, -0.15) is 0 Å². The summed E-state index contributed by atoms with van der Waals surface area (Å²) in [5.41, 5.74) is 1.08. The highest BCUT2D eigenvalue weighted by molar-refractivity contribution is 7.13. The summed E-state index contributed by atoms with van der Waals surface area (Å²) < 4.78 is 5.33. The highest BCUT2D eigenvalue weighted by Crippen LogP contribution is 2.24. The molecule has 0 unspecified atom stereocenters. The van der Waals surface area contributed by atoms with Gasteiger partial charge in [-0.25, -0.2) is 9.78 Å². The Morgan fingerprint density at radius 1 is 1.35 bits per heavy atom. The SMILES string of the molecule is COC1CCN(C(=O)NCCc2csc(N3CCCC3)n2)CC1. The van der Waals surface area contributed by atoms with Gasteiger partial charge >= 0.3 is 6.03 Å². The van der Waals surface area contributed by atoms with E-state index in [9.17, 15) is 4.79 Å². The number of hydrogen-bond acceptors (Lipinski definition) is 5. The maximum Gasteiger partial charge on any atom is 0.317 e. The average molecular weight is 338 g/mol. The molecule has 0 spiro atoms. The third kappa shape index (κ3) is 4.35. The Bertz CT molecular complexity index is 508. The highest BCUT2D eigenvalue weighted by Gasteiger charge is 2.22. The number of nitrogens with zero attached hydrogens (tertiary/aromatic N) is 3. The molecule has 0 aliphatic carbocycles. The first-order chi connectivity index (χ1) is 11.3. The van der Waals surface area contributed by atoms with Crippen LogP contribution in [-0.4, -0.2) is 61.9 Å². The van der Waals surface area contributed by atoms with E-state index in [1.54, 1.807) is 18.4 Å². The Morgan fingerprint density at radius 2 is 2.09 bits per heavy atom. The highest BCUT2D eigenvalue weighted by atomic mass is 32.1. The summed E-state index contributed by atoms with van der Waals surface area (Å²) in [6.07, 6.45) is 5.49. The Hall–Kier alpha value is -1.34. The number of carbonyl (C=O) groups is 1. The molecule has 0 atom stereocenters. The van der Waals surface area contributed by atoms with Gasteiger partial charge in [0.1, 0.15) is 0 Å². The largest absolute Gasteiger partial charge is 0.381 e. The molecule has 0 radical (unpaired) electrons. The lowest BCUT2D eigenvalue weighted by Crippen LogP contribution is -2.46. The average Bonchev–Trinajstić information content (AvgIpc) is 3.26. The minimum atomic E-state index is 0.0366. The molecule has 3 heterocycles. The Balaban J connectivity index is 1.38. The van der Waals surface area contributed by atoms with Crippen LogP contribution in [0.2, 0.25) is 0 Å². The van der Waals surface area contributed by atoms with Crippen molar-refractivity contribution in [1.29, 1.82) is 0 Å². The first-order valence-electron chi connectivity index (χ1n) is 8.51. The van der Waals surface area contributed by atoms with E-state index in [1.807, 2.05) is 4.90 Å². The lowest BCUT2D eigenvalue weighted by molar-refractivity contribution is 0.0504. The van der Waals surface area contributed by atoms with Crippen molar-refractivity contribution in [2.45, 2.75) is 38.2 Å². The number of urea groups is 1. The summed E-state index contributed by atoms with van der Waals surface area (Å²) in [7, 11) is 1.74. The predicted octanol–water partition coefficient (Wildman–Crippen LogP) is 2.11. The van der Waals surface area contributed by atoms with E-state index in [1.165, 1.54) is 12.8 Å². The van der Waals surface area contributed by atoms with Crippen LogP contribution in [0.1, 0.15) is 31.4 Å². The molecular formula is C16H26N4O2S. The monoisotopic (exact) mass is 338 g/mol. The molecule has 2 aliphatic heterocycles. The van der Waals surface area contributed by atoms with Crippen LogP contribution in [0.5, 0.6) is 0 Å². The van der Waals surface area contributed by atoms with Crippen LogP contribution in [0.3, 0.4) is 0 Å². The third-order valence-electron chi connectivity index (χ3n) is 4.64. The van der Waals surface area contributed by atoms with Crippen LogP contribution in [0.15, 0.2) is 5.38 Å². The minimum absolute atomic E-state index is 0.0366. The molecule has 23 heavy (non-hydrogen) atoms. The first-order valence-corrected chi connectivity index (χ1v) is 9.39. The van der Waals surface area contributed by atoms with Gasteiger partial charge in [-0.05, 0) is 25.7 Å². The zero-order chi connectivity index (χ0) is 16.1. The van der Waals surface area contributed by atoms with Gasteiger partial charge in [0.05, 0.1) is 11.8 Å². The van der Waals surface area contributed by atoms with Crippen molar-refractivity contribution >= 4 is 22.5 Å². The lowest BCUT2D eigenvalue weighted by atomic mass is 10.1. The van der Waals surface area contributed by atoms with Crippen molar-refractivity contribution in [3.63, 3.8) is 0 Å². The summed E-state index contributed by atoms with van der Waals surface area (Å²) in [6.45, 7) is 4.45. The zero-order valence-corrected chi connectivity index (χ0v) is 14.6. The Kier molecular flexibility index (Phi) is 5.72. The number of nitrogens with one attached hydrogen (secondary N) is 1. The summed E-state index contributed by atoms with van der Waals surface area (Å²) in [6, 6.07) is 0.0366. The van der Waals surface area contributed by atoms with E-state index in [0.29, 0.717) is 12.6 Å². The quantitative estimate of drug-likeness (QED) is 0.893. The number of piperidine rings is 1. The van der Waals surface area contributed by atoms with E-state index < -0.39 is 0 Å². The number of amides is 2. The lowest BCUT2D eigenvalue weighted by Gasteiger charge is -2.31. The fraction of sp³-hybridized carbons (Fsp3) is 0.750. The van der Waals surface area contributed by atoms with Gasteiger partial charge in [-0.3, -0.25) is 0 Å². The molecule has 7 heteroatoms. The number of rotatable bonds is 5. The van der Waals surface area contributed by atoms with Crippen molar-refractivity contribution in [1.82, 2.24) is 15.2 Å². The standard InChI is InChI=1S/C16H26N4O2S/c1-22-14-5-10-19(11-6-14)15(21)17-7-4-13-12-23-16(18-13)20-8-2-3-9-20/h12,14H,2-11H2,1H3,(H,17,21). The van der Waals surface area contributed by atoms with Gasteiger partial charge in [0, 0.05) is 51.6 Å². The molecule has 0 aromatic carbocycles. The number of methoxy groups -OCH3 is 1. The third-order valence-corrected chi connectivity index (χ3v) is 5.59. The van der Waals surface area contributed by atoms with Crippen molar-refractivity contribution in [3.8, 4) is 0 Å². The number of likely N-dealkylation sites (tertiary alicyclic amines) is 1. The second-order valence-electron chi connectivity index (χ2n) is 6.22. The van der Waals surface area contributed by atoms with Gasteiger partial charge in [-0.15, -0.1) is 11.3 Å². The molecule has 0 bridgehead atoms. The molecule has 128 valence electrons. The number of ether oxygens (including phenoxy) is 1. The number of aromatic nitrogens is 1. The van der Waals surface area contributed by atoms with Gasteiger partial charge in [0.15, 0.2) is 5.13 Å². The minimum Gasteiger partial charge on any atom is -0.381 e. The van der Waals surface area contributed by atoms with Crippen LogP contribution in [-0.2, 0) is 11.2 Å².